The van der Waals surface area contributed by atoms with E-state index >= 15 is 0 Å². The summed E-state index contributed by atoms with van der Waals surface area (Å²) >= 11 is 5.23. The summed E-state index contributed by atoms with van der Waals surface area (Å²) in [7, 11) is 1.97. The minimum atomic E-state index is 0.324. The van der Waals surface area contributed by atoms with E-state index in [0.29, 0.717) is 6.04 Å². The molecule has 1 atom stereocenters. The van der Waals surface area contributed by atoms with Crippen molar-refractivity contribution >= 4 is 27.3 Å². The fourth-order valence-electron chi connectivity index (χ4n) is 1.75. The lowest BCUT2D eigenvalue weighted by atomic mass is 10.1. The molecule has 5 heteroatoms. The zero-order chi connectivity index (χ0) is 12.4. The van der Waals surface area contributed by atoms with Crippen LogP contribution in [0.3, 0.4) is 0 Å². The molecule has 2 aromatic rings. The lowest BCUT2D eigenvalue weighted by Gasteiger charge is -2.12. The minimum absolute atomic E-state index is 0.324. The van der Waals surface area contributed by atoms with Crippen molar-refractivity contribution in [2.45, 2.75) is 26.4 Å². The number of halogens is 1. The van der Waals surface area contributed by atoms with Crippen LogP contribution < -0.4 is 5.32 Å². The fraction of sp³-hybridized carbons (Fsp3) is 0.417. The molecular weight excluding hydrogens is 298 g/mol. The first kappa shape index (κ1) is 12.8. The zero-order valence-corrected chi connectivity index (χ0v) is 12.6. The molecule has 92 valence electrons. The third kappa shape index (κ3) is 2.97. The smallest absolute Gasteiger partial charge is 0.0540 e. The van der Waals surface area contributed by atoms with E-state index in [4.69, 9.17) is 0 Å². The Morgan fingerprint density at radius 3 is 2.88 bits per heavy atom. The van der Waals surface area contributed by atoms with Crippen molar-refractivity contribution in [3.05, 3.63) is 38.3 Å². The summed E-state index contributed by atoms with van der Waals surface area (Å²) in [6.45, 7) is 5.17. The Kier molecular flexibility index (Phi) is 4.01. The molecule has 1 unspecified atom stereocenters. The lowest BCUT2D eigenvalue weighted by molar-refractivity contribution is 0.574. The molecular formula is C12H16BrN3S. The topological polar surface area (TPSA) is 29.9 Å². The van der Waals surface area contributed by atoms with E-state index < -0.39 is 0 Å². The molecule has 0 aliphatic rings. The molecule has 2 aromatic heterocycles. The molecule has 2 heterocycles. The van der Waals surface area contributed by atoms with Gasteiger partial charge in [0, 0.05) is 45.6 Å². The Balaban J connectivity index is 1.98. The second-order valence-corrected chi connectivity index (χ2v) is 6.05. The normalized spacial score (nSPS) is 12.9. The molecule has 0 saturated heterocycles. The highest BCUT2D eigenvalue weighted by atomic mass is 79.9. The summed E-state index contributed by atoms with van der Waals surface area (Å²) in [5, 5.41) is 9.90. The van der Waals surface area contributed by atoms with Crippen LogP contribution in [-0.2, 0) is 13.6 Å². The molecule has 0 aliphatic carbocycles. The predicted molar refractivity (Wildman–Crippen MR) is 75.2 cm³/mol. The van der Waals surface area contributed by atoms with Gasteiger partial charge in [0.1, 0.15) is 0 Å². The summed E-state index contributed by atoms with van der Waals surface area (Å²) in [4.78, 5) is 1.34. The molecule has 0 spiro atoms. The molecule has 1 N–H and O–H groups in total. The maximum atomic E-state index is 4.27. The summed E-state index contributed by atoms with van der Waals surface area (Å²) in [6.07, 6.45) is 1.94. The molecule has 0 fully saturated rings. The van der Waals surface area contributed by atoms with Gasteiger partial charge in [-0.1, -0.05) is 0 Å². The number of hydrogen-bond acceptors (Lipinski definition) is 3. The standard InChI is InChI=1S/C12H16BrN3S/c1-8(12-6-15-16(3)9(12)2)14-5-11-4-10(13)7-17-11/h4,6-8,14H,5H2,1-3H3. The Morgan fingerprint density at radius 2 is 2.35 bits per heavy atom. The Hall–Kier alpha value is -0.650. The fourth-order valence-corrected chi connectivity index (χ4v) is 3.15. The monoisotopic (exact) mass is 313 g/mol. The number of aryl methyl sites for hydroxylation is 1. The van der Waals surface area contributed by atoms with E-state index in [-0.39, 0.29) is 0 Å². The van der Waals surface area contributed by atoms with Crippen molar-refractivity contribution in [2.24, 2.45) is 7.05 Å². The predicted octanol–water partition coefficient (Wildman–Crippen LogP) is 3.40. The number of nitrogens with zero attached hydrogens (tertiary/aromatic N) is 2. The average Bonchev–Trinajstić information content (AvgIpc) is 2.84. The van der Waals surface area contributed by atoms with Crippen LogP contribution in [0.4, 0.5) is 0 Å². The van der Waals surface area contributed by atoms with E-state index in [2.05, 4.69) is 51.6 Å². The van der Waals surface area contributed by atoms with Gasteiger partial charge in [-0.3, -0.25) is 4.68 Å². The molecule has 2 rings (SSSR count). The highest BCUT2D eigenvalue weighted by Crippen LogP contribution is 2.21. The van der Waals surface area contributed by atoms with Gasteiger partial charge >= 0.3 is 0 Å². The van der Waals surface area contributed by atoms with Crippen LogP contribution in [0.5, 0.6) is 0 Å². The van der Waals surface area contributed by atoms with Gasteiger partial charge < -0.3 is 5.32 Å². The molecule has 0 aromatic carbocycles. The summed E-state index contributed by atoms with van der Waals surface area (Å²) < 4.78 is 3.07. The van der Waals surface area contributed by atoms with Crippen molar-refractivity contribution in [3.63, 3.8) is 0 Å². The van der Waals surface area contributed by atoms with Crippen molar-refractivity contribution in [1.29, 1.82) is 0 Å². The van der Waals surface area contributed by atoms with E-state index in [1.165, 1.54) is 16.1 Å². The van der Waals surface area contributed by atoms with Crippen molar-refractivity contribution < 1.29 is 0 Å². The molecule has 0 bridgehead atoms. The largest absolute Gasteiger partial charge is 0.305 e. The Bertz CT molecular complexity index is 504. The SMILES string of the molecule is Cc1c(C(C)NCc2cc(Br)cs2)cnn1C. The first-order chi connectivity index (χ1) is 8.08. The second-order valence-electron chi connectivity index (χ2n) is 4.14. The number of rotatable bonds is 4. The van der Waals surface area contributed by atoms with E-state index in [0.717, 1.165) is 11.0 Å². The first-order valence-electron chi connectivity index (χ1n) is 5.52. The Morgan fingerprint density at radius 1 is 1.59 bits per heavy atom. The minimum Gasteiger partial charge on any atom is -0.305 e. The van der Waals surface area contributed by atoms with Crippen LogP contribution in [0.15, 0.2) is 22.1 Å². The quantitative estimate of drug-likeness (QED) is 0.937. The van der Waals surface area contributed by atoms with Crippen LogP contribution in [0, 0.1) is 6.92 Å². The lowest BCUT2D eigenvalue weighted by Crippen LogP contribution is -2.18. The number of thiophene rings is 1. The van der Waals surface area contributed by atoms with E-state index in [9.17, 15) is 0 Å². The van der Waals surface area contributed by atoms with E-state index in [1.54, 1.807) is 11.3 Å². The van der Waals surface area contributed by atoms with Gasteiger partial charge in [0.15, 0.2) is 0 Å². The first-order valence-corrected chi connectivity index (χ1v) is 7.20. The number of hydrogen-bond donors (Lipinski definition) is 1. The molecule has 3 nitrogen and oxygen atoms in total. The number of aromatic nitrogens is 2. The summed E-state index contributed by atoms with van der Waals surface area (Å²) in [5.41, 5.74) is 2.49. The average molecular weight is 314 g/mol. The van der Waals surface area contributed by atoms with Crippen molar-refractivity contribution in [2.75, 3.05) is 0 Å². The Labute approximate surface area is 114 Å². The third-order valence-electron chi connectivity index (χ3n) is 2.94. The van der Waals surface area contributed by atoms with Crippen LogP contribution in [0.2, 0.25) is 0 Å². The van der Waals surface area contributed by atoms with Crippen LogP contribution >= 0.6 is 27.3 Å². The van der Waals surface area contributed by atoms with Gasteiger partial charge in [-0.2, -0.15) is 5.10 Å². The van der Waals surface area contributed by atoms with Gasteiger partial charge in [-0.25, -0.2) is 0 Å². The van der Waals surface area contributed by atoms with Gasteiger partial charge in [-0.15, -0.1) is 11.3 Å². The molecule has 0 aliphatic heterocycles. The van der Waals surface area contributed by atoms with Crippen LogP contribution in [-0.4, -0.2) is 9.78 Å². The highest BCUT2D eigenvalue weighted by Gasteiger charge is 2.11. The molecule has 0 radical (unpaired) electrons. The maximum absolute atomic E-state index is 4.27. The maximum Gasteiger partial charge on any atom is 0.0540 e. The van der Waals surface area contributed by atoms with Gasteiger partial charge in [0.05, 0.1) is 6.20 Å². The van der Waals surface area contributed by atoms with Crippen LogP contribution in [0.25, 0.3) is 0 Å². The van der Waals surface area contributed by atoms with Gasteiger partial charge in [0.25, 0.3) is 0 Å². The zero-order valence-electron chi connectivity index (χ0n) is 10.2. The molecule has 0 saturated carbocycles. The highest BCUT2D eigenvalue weighted by molar-refractivity contribution is 9.10. The van der Waals surface area contributed by atoms with Crippen LogP contribution in [0.1, 0.15) is 29.1 Å². The number of nitrogens with one attached hydrogen (secondary N) is 1. The molecule has 17 heavy (non-hydrogen) atoms. The molecule has 0 amide bonds. The van der Waals surface area contributed by atoms with Crippen molar-refractivity contribution in [1.82, 2.24) is 15.1 Å². The van der Waals surface area contributed by atoms with E-state index in [1.807, 2.05) is 17.9 Å². The summed E-state index contributed by atoms with van der Waals surface area (Å²) in [5.74, 6) is 0. The second kappa shape index (κ2) is 5.33. The van der Waals surface area contributed by atoms with Gasteiger partial charge in [-0.05, 0) is 35.8 Å². The summed E-state index contributed by atoms with van der Waals surface area (Å²) in [6, 6.07) is 2.48. The van der Waals surface area contributed by atoms with Crippen molar-refractivity contribution in [3.8, 4) is 0 Å². The van der Waals surface area contributed by atoms with Gasteiger partial charge in [0.2, 0.25) is 0 Å². The third-order valence-corrected chi connectivity index (χ3v) is 4.64.